The third-order valence-electron chi connectivity index (χ3n) is 2.74. The van der Waals surface area contributed by atoms with E-state index in [1.54, 1.807) is 31.6 Å². The molecule has 0 saturated heterocycles. The largest absolute Gasteiger partial charge is 0.492 e. The summed E-state index contributed by atoms with van der Waals surface area (Å²) in [4.78, 5) is 3.96. The van der Waals surface area contributed by atoms with Crippen LogP contribution in [0.5, 0.6) is 5.75 Å². The van der Waals surface area contributed by atoms with E-state index in [1.807, 2.05) is 10.8 Å². The van der Waals surface area contributed by atoms with Gasteiger partial charge in [0.25, 0.3) is 9.05 Å². The molecule has 0 spiro atoms. The maximum absolute atomic E-state index is 11.5. The Kier molecular flexibility index (Phi) is 4.67. The molecule has 0 N–H and O–H groups in total. The van der Waals surface area contributed by atoms with Gasteiger partial charge in [-0.15, -0.1) is 0 Å². The van der Waals surface area contributed by atoms with Gasteiger partial charge in [-0.1, -0.05) is 6.07 Å². The van der Waals surface area contributed by atoms with Crippen LogP contribution in [0.4, 0.5) is 0 Å². The van der Waals surface area contributed by atoms with Crippen LogP contribution in [0, 0.1) is 6.92 Å². The first-order chi connectivity index (χ1) is 9.47. The van der Waals surface area contributed by atoms with E-state index < -0.39 is 9.05 Å². The van der Waals surface area contributed by atoms with Gasteiger partial charge >= 0.3 is 0 Å². The Balaban J connectivity index is 1.99. The molecule has 1 heterocycles. The normalized spacial score (nSPS) is 11.5. The van der Waals surface area contributed by atoms with Crippen molar-refractivity contribution >= 4 is 19.7 Å². The van der Waals surface area contributed by atoms with Crippen LogP contribution in [0.1, 0.15) is 12.0 Å². The van der Waals surface area contributed by atoms with Crippen molar-refractivity contribution < 1.29 is 13.2 Å². The van der Waals surface area contributed by atoms with Crippen molar-refractivity contribution in [1.82, 2.24) is 9.55 Å². The number of ether oxygens (including phenoxy) is 1. The summed E-state index contributed by atoms with van der Waals surface area (Å²) in [5.41, 5.74) is 0.815. The van der Waals surface area contributed by atoms with E-state index in [9.17, 15) is 8.42 Å². The highest BCUT2D eigenvalue weighted by molar-refractivity contribution is 8.13. The molecule has 0 atom stereocenters. The SMILES string of the molecule is Cc1ccc(OCCCn2ccnc2)c(S(=O)(=O)Cl)c1. The van der Waals surface area contributed by atoms with E-state index in [-0.39, 0.29) is 10.6 Å². The Morgan fingerprint density at radius 1 is 1.40 bits per heavy atom. The average molecular weight is 315 g/mol. The molecule has 0 bridgehead atoms. The minimum Gasteiger partial charge on any atom is -0.492 e. The van der Waals surface area contributed by atoms with Gasteiger partial charge in [-0.05, 0) is 31.0 Å². The molecule has 108 valence electrons. The molecule has 0 aliphatic rings. The van der Waals surface area contributed by atoms with Crippen LogP contribution in [0.15, 0.2) is 41.8 Å². The number of imidazole rings is 1. The Morgan fingerprint density at radius 2 is 2.20 bits per heavy atom. The van der Waals surface area contributed by atoms with Gasteiger partial charge in [0.05, 0.1) is 12.9 Å². The number of aryl methyl sites for hydroxylation is 2. The van der Waals surface area contributed by atoms with Gasteiger partial charge in [-0.25, -0.2) is 13.4 Å². The summed E-state index contributed by atoms with van der Waals surface area (Å²) in [5.74, 6) is 0.288. The van der Waals surface area contributed by atoms with Crippen LogP contribution < -0.4 is 4.74 Å². The zero-order chi connectivity index (χ0) is 14.6. The maximum atomic E-state index is 11.5. The average Bonchev–Trinajstić information content (AvgIpc) is 2.88. The van der Waals surface area contributed by atoms with Gasteiger partial charge in [-0.3, -0.25) is 0 Å². The smallest absolute Gasteiger partial charge is 0.264 e. The van der Waals surface area contributed by atoms with Crippen LogP contribution in [0.3, 0.4) is 0 Å². The van der Waals surface area contributed by atoms with Gasteiger partial charge in [0.1, 0.15) is 10.6 Å². The van der Waals surface area contributed by atoms with E-state index >= 15 is 0 Å². The van der Waals surface area contributed by atoms with Crippen molar-refractivity contribution in [3.63, 3.8) is 0 Å². The predicted molar refractivity (Wildman–Crippen MR) is 76.6 cm³/mol. The van der Waals surface area contributed by atoms with Crippen molar-refractivity contribution in [2.24, 2.45) is 0 Å². The summed E-state index contributed by atoms with van der Waals surface area (Å²) in [7, 11) is 1.61. The highest BCUT2D eigenvalue weighted by Crippen LogP contribution is 2.28. The monoisotopic (exact) mass is 314 g/mol. The third-order valence-corrected chi connectivity index (χ3v) is 4.08. The Hall–Kier alpha value is -1.53. The number of halogens is 1. The minimum absolute atomic E-state index is 0.0156. The second kappa shape index (κ2) is 6.28. The second-order valence-electron chi connectivity index (χ2n) is 4.39. The lowest BCUT2D eigenvalue weighted by molar-refractivity contribution is 0.294. The molecular formula is C13H15ClN2O3S. The zero-order valence-corrected chi connectivity index (χ0v) is 12.6. The molecule has 0 fully saturated rings. The van der Waals surface area contributed by atoms with Crippen molar-refractivity contribution in [3.05, 3.63) is 42.5 Å². The predicted octanol–water partition coefficient (Wildman–Crippen LogP) is 2.59. The molecule has 20 heavy (non-hydrogen) atoms. The van der Waals surface area contributed by atoms with E-state index in [2.05, 4.69) is 4.98 Å². The van der Waals surface area contributed by atoms with Crippen LogP contribution in [-0.2, 0) is 15.6 Å². The lowest BCUT2D eigenvalue weighted by Crippen LogP contribution is -2.05. The van der Waals surface area contributed by atoms with Crippen LogP contribution >= 0.6 is 10.7 Å². The molecule has 0 amide bonds. The molecular weight excluding hydrogens is 300 g/mol. The fraction of sp³-hybridized carbons (Fsp3) is 0.308. The Bertz CT molecular complexity index is 669. The summed E-state index contributed by atoms with van der Waals surface area (Å²) in [5, 5.41) is 0. The number of nitrogens with zero attached hydrogens (tertiary/aromatic N) is 2. The van der Waals surface area contributed by atoms with Crippen LogP contribution in [0.2, 0.25) is 0 Å². The first-order valence-electron chi connectivity index (χ1n) is 6.10. The Labute approximate surface area is 122 Å². The molecule has 0 radical (unpaired) electrons. The van der Waals surface area contributed by atoms with Gasteiger partial charge in [0, 0.05) is 29.6 Å². The van der Waals surface area contributed by atoms with Crippen molar-refractivity contribution in [2.45, 2.75) is 24.8 Å². The molecule has 7 heteroatoms. The van der Waals surface area contributed by atoms with E-state index in [0.717, 1.165) is 18.5 Å². The number of aromatic nitrogens is 2. The van der Waals surface area contributed by atoms with Crippen molar-refractivity contribution in [2.75, 3.05) is 6.61 Å². The zero-order valence-electron chi connectivity index (χ0n) is 11.0. The fourth-order valence-electron chi connectivity index (χ4n) is 1.77. The highest BCUT2D eigenvalue weighted by atomic mass is 35.7. The number of hydrogen-bond acceptors (Lipinski definition) is 4. The molecule has 1 aromatic carbocycles. The lowest BCUT2D eigenvalue weighted by Gasteiger charge is -2.10. The summed E-state index contributed by atoms with van der Waals surface area (Å²) < 4.78 is 30.4. The summed E-state index contributed by atoms with van der Waals surface area (Å²) in [6.07, 6.45) is 6.03. The van der Waals surface area contributed by atoms with Crippen molar-refractivity contribution in [1.29, 1.82) is 0 Å². The molecule has 1 aromatic heterocycles. The molecule has 0 aliphatic carbocycles. The Morgan fingerprint density at radius 3 is 2.85 bits per heavy atom. The summed E-state index contributed by atoms with van der Waals surface area (Å²) >= 11 is 0. The van der Waals surface area contributed by atoms with E-state index in [4.69, 9.17) is 15.4 Å². The summed E-state index contributed by atoms with van der Waals surface area (Å²) in [6.45, 7) is 2.96. The topological polar surface area (TPSA) is 61.2 Å². The maximum Gasteiger partial charge on any atom is 0.264 e. The van der Waals surface area contributed by atoms with Gasteiger partial charge in [-0.2, -0.15) is 0 Å². The number of rotatable bonds is 6. The standard InChI is InChI=1S/C13H15ClN2O3S/c1-11-3-4-12(13(9-11)20(14,17)18)19-8-2-6-16-7-5-15-10-16/h3-5,7,9-10H,2,6,8H2,1H3. The van der Waals surface area contributed by atoms with E-state index in [1.165, 1.54) is 6.07 Å². The summed E-state index contributed by atoms with van der Waals surface area (Å²) in [6, 6.07) is 4.92. The molecule has 5 nitrogen and oxygen atoms in total. The fourth-order valence-corrected chi connectivity index (χ4v) is 2.83. The van der Waals surface area contributed by atoms with Gasteiger partial charge in [0.2, 0.25) is 0 Å². The lowest BCUT2D eigenvalue weighted by atomic mass is 10.2. The first-order valence-corrected chi connectivity index (χ1v) is 8.41. The second-order valence-corrected chi connectivity index (χ2v) is 6.92. The minimum atomic E-state index is -3.80. The number of hydrogen-bond donors (Lipinski definition) is 0. The van der Waals surface area contributed by atoms with Gasteiger partial charge in [0.15, 0.2) is 0 Å². The quantitative estimate of drug-likeness (QED) is 0.607. The molecule has 0 unspecified atom stereocenters. The molecule has 0 saturated carbocycles. The molecule has 2 rings (SSSR count). The third kappa shape index (κ3) is 3.98. The van der Waals surface area contributed by atoms with Crippen molar-refractivity contribution in [3.8, 4) is 5.75 Å². The first kappa shape index (κ1) is 14.9. The highest BCUT2D eigenvalue weighted by Gasteiger charge is 2.17. The van der Waals surface area contributed by atoms with E-state index in [0.29, 0.717) is 6.61 Å². The van der Waals surface area contributed by atoms with Gasteiger partial charge < -0.3 is 9.30 Å². The van der Waals surface area contributed by atoms with Crippen LogP contribution in [0.25, 0.3) is 0 Å². The molecule has 0 aliphatic heterocycles. The number of benzene rings is 1. The van der Waals surface area contributed by atoms with Crippen LogP contribution in [-0.4, -0.2) is 24.6 Å². The molecule has 2 aromatic rings.